The minimum absolute atomic E-state index is 0.252. The van der Waals surface area contributed by atoms with Crippen molar-refractivity contribution in [3.63, 3.8) is 0 Å². The third-order valence-corrected chi connectivity index (χ3v) is 3.32. The molecule has 2 rings (SSSR count). The van der Waals surface area contributed by atoms with E-state index in [1.807, 2.05) is 12.3 Å². The van der Waals surface area contributed by atoms with Crippen molar-refractivity contribution in [3.8, 4) is 0 Å². The molecule has 0 atom stereocenters. The first-order valence-electron chi connectivity index (χ1n) is 5.58. The highest BCUT2D eigenvalue weighted by molar-refractivity contribution is 6.43. The van der Waals surface area contributed by atoms with E-state index in [9.17, 15) is 4.79 Å². The van der Waals surface area contributed by atoms with Gasteiger partial charge >= 0.3 is 0 Å². The Labute approximate surface area is 120 Å². The van der Waals surface area contributed by atoms with Gasteiger partial charge in [-0.3, -0.25) is 9.48 Å². The summed E-state index contributed by atoms with van der Waals surface area (Å²) in [4.78, 5) is 11.9. The predicted octanol–water partition coefficient (Wildman–Crippen LogP) is 2.20. The van der Waals surface area contributed by atoms with Gasteiger partial charge < -0.3 is 11.1 Å². The Morgan fingerprint density at radius 2 is 2.21 bits per heavy atom. The molecule has 1 amide bonds. The minimum atomic E-state index is -0.252. The quantitative estimate of drug-likeness (QED) is 0.850. The molecular formula is C12H12Cl2N4O. The van der Waals surface area contributed by atoms with E-state index in [4.69, 9.17) is 28.9 Å². The lowest BCUT2D eigenvalue weighted by molar-refractivity contribution is 0.0952. The Kier molecular flexibility index (Phi) is 4.29. The van der Waals surface area contributed by atoms with Crippen LogP contribution < -0.4 is 11.1 Å². The van der Waals surface area contributed by atoms with E-state index in [0.29, 0.717) is 18.7 Å². The Morgan fingerprint density at radius 3 is 2.84 bits per heavy atom. The smallest absolute Gasteiger partial charge is 0.251 e. The van der Waals surface area contributed by atoms with E-state index in [2.05, 4.69) is 10.4 Å². The van der Waals surface area contributed by atoms with Crippen molar-refractivity contribution in [2.24, 2.45) is 0 Å². The van der Waals surface area contributed by atoms with Crippen LogP contribution in [0.2, 0.25) is 10.0 Å². The Balaban J connectivity index is 1.96. The van der Waals surface area contributed by atoms with E-state index in [-0.39, 0.29) is 21.6 Å². The van der Waals surface area contributed by atoms with Crippen LogP contribution in [0.15, 0.2) is 30.6 Å². The van der Waals surface area contributed by atoms with Crippen LogP contribution in [0, 0.1) is 0 Å². The summed E-state index contributed by atoms with van der Waals surface area (Å²) in [5, 5.41) is 7.31. The van der Waals surface area contributed by atoms with E-state index in [1.165, 1.54) is 12.1 Å². The van der Waals surface area contributed by atoms with Crippen molar-refractivity contribution in [3.05, 3.63) is 46.2 Å². The summed E-state index contributed by atoms with van der Waals surface area (Å²) >= 11 is 11.7. The van der Waals surface area contributed by atoms with E-state index >= 15 is 0 Å². The summed E-state index contributed by atoms with van der Waals surface area (Å²) in [7, 11) is 0. The van der Waals surface area contributed by atoms with Gasteiger partial charge in [-0.1, -0.05) is 23.2 Å². The maximum Gasteiger partial charge on any atom is 0.251 e. The minimum Gasteiger partial charge on any atom is -0.397 e. The second-order valence-electron chi connectivity index (χ2n) is 3.89. The summed E-state index contributed by atoms with van der Waals surface area (Å²) in [6, 6.07) is 4.81. The lowest BCUT2D eigenvalue weighted by Crippen LogP contribution is -2.27. The number of benzene rings is 1. The van der Waals surface area contributed by atoms with Gasteiger partial charge in [0, 0.05) is 24.5 Å². The molecule has 0 unspecified atom stereocenters. The monoisotopic (exact) mass is 298 g/mol. The van der Waals surface area contributed by atoms with Gasteiger partial charge in [0.25, 0.3) is 5.91 Å². The summed E-state index contributed by atoms with van der Waals surface area (Å²) in [6.45, 7) is 1.05. The standard InChI is InChI=1S/C12H12Cl2N4O/c13-9-6-8(7-10(15)11(9)14)12(19)16-3-5-18-4-1-2-17-18/h1-2,4,6-7H,3,5,15H2,(H,16,19). The van der Waals surface area contributed by atoms with Gasteiger partial charge in [-0.15, -0.1) is 0 Å². The number of halogens is 2. The predicted molar refractivity (Wildman–Crippen MR) is 75.4 cm³/mol. The molecule has 100 valence electrons. The Morgan fingerprint density at radius 1 is 1.42 bits per heavy atom. The van der Waals surface area contributed by atoms with Crippen LogP contribution in [0.5, 0.6) is 0 Å². The zero-order valence-electron chi connectivity index (χ0n) is 9.94. The van der Waals surface area contributed by atoms with Crippen LogP contribution in [0.3, 0.4) is 0 Å². The fraction of sp³-hybridized carbons (Fsp3) is 0.167. The van der Waals surface area contributed by atoms with E-state index < -0.39 is 0 Å². The molecule has 0 radical (unpaired) electrons. The summed E-state index contributed by atoms with van der Waals surface area (Å²) in [5.74, 6) is -0.252. The molecule has 19 heavy (non-hydrogen) atoms. The molecule has 7 heteroatoms. The highest BCUT2D eigenvalue weighted by Gasteiger charge is 2.10. The SMILES string of the molecule is Nc1cc(C(=O)NCCn2cccn2)cc(Cl)c1Cl. The molecule has 0 fully saturated rings. The summed E-state index contributed by atoms with van der Waals surface area (Å²) in [5.41, 5.74) is 6.32. The maximum atomic E-state index is 11.9. The molecule has 0 spiro atoms. The number of nitrogens with two attached hydrogens (primary N) is 1. The van der Waals surface area contributed by atoms with Crippen molar-refractivity contribution >= 4 is 34.8 Å². The normalized spacial score (nSPS) is 10.4. The van der Waals surface area contributed by atoms with Crippen LogP contribution >= 0.6 is 23.2 Å². The topological polar surface area (TPSA) is 72.9 Å². The number of aromatic nitrogens is 2. The van der Waals surface area contributed by atoms with Crippen LogP contribution in [-0.2, 0) is 6.54 Å². The zero-order chi connectivity index (χ0) is 13.8. The lowest BCUT2D eigenvalue weighted by Gasteiger charge is -2.08. The Hall–Kier alpha value is -1.72. The van der Waals surface area contributed by atoms with Gasteiger partial charge in [-0.2, -0.15) is 5.10 Å². The number of rotatable bonds is 4. The van der Waals surface area contributed by atoms with Gasteiger partial charge in [0.05, 0.1) is 22.3 Å². The number of anilines is 1. The third kappa shape index (κ3) is 3.39. The zero-order valence-corrected chi connectivity index (χ0v) is 11.4. The third-order valence-electron chi connectivity index (χ3n) is 2.50. The molecule has 3 N–H and O–H groups in total. The average molecular weight is 299 g/mol. The van der Waals surface area contributed by atoms with Crippen LogP contribution in [0.25, 0.3) is 0 Å². The molecule has 1 aromatic carbocycles. The molecule has 0 saturated heterocycles. The summed E-state index contributed by atoms with van der Waals surface area (Å²) < 4.78 is 1.73. The van der Waals surface area contributed by atoms with Gasteiger partial charge in [0.15, 0.2) is 0 Å². The first-order chi connectivity index (χ1) is 9.08. The number of nitrogens with zero attached hydrogens (tertiary/aromatic N) is 2. The highest BCUT2D eigenvalue weighted by Crippen LogP contribution is 2.29. The van der Waals surface area contributed by atoms with Gasteiger partial charge in [-0.25, -0.2) is 0 Å². The molecular weight excluding hydrogens is 287 g/mol. The van der Waals surface area contributed by atoms with Gasteiger partial charge in [-0.05, 0) is 18.2 Å². The van der Waals surface area contributed by atoms with Gasteiger partial charge in [0.1, 0.15) is 0 Å². The molecule has 0 aliphatic rings. The number of hydrogen-bond donors (Lipinski definition) is 2. The van der Waals surface area contributed by atoms with Crippen LogP contribution in [0.4, 0.5) is 5.69 Å². The molecule has 0 bridgehead atoms. The van der Waals surface area contributed by atoms with E-state index in [1.54, 1.807) is 10.9 Å². The molecule has 5 nitrogen and oxygen atoms in total. The fourth-order valence-corrected chi connectivity index (χ4v) is 1.90. The van der Waals surface area contributed by atoms with Gasteiger partial charge in [0.2, 0.25) is 0 Å². The van der Waals surface area contributed by atoms with Crippen molar-refractivity contribution in [2.75, 3.05) is 12.3 Å². The second-order valence-corrected chi connectivity index (χ2v) is 4.67. The van der Waals surface area contributed by atoms with Crippen molar-refractivity contribution in [1.29, 1.82) is 0 Å². The lowest BCUT2D eigenvalue weighted by atomic mass is 10.2. The number of carbonyl (C=O) groups is 1. The number of nitrogen functional groups attached to an aromatic ring is 1. The second kappa shape index (κ2) is 5.95. The van der Waals surface area contributed by atoms with E-state index in [0.717, 1.165) is 0 Å². The van der Waals surface area contributed by atoms with Crippen molar-refractivity contribution < 1.29 is 4.79 Å². The first kappa shape index (κ1) is 13.7. The molecule has 0 aliphatic carbocycles. The number of amides is 1. The number of hydrogen-bond acceptors (Lipinski definition) is 3. The summed E-state index contributed by atoms with van der Waals surface area (Å²) in [6.07, 6.45) is 3.50. The van der Waals surface area contributed by atoms with Crippen molar-refractivity contribution in [2.45, 2.75) is 6.54 Å². The van der Waals surface area contributed by atoms with Crippen molar-refractivity contribution in [1.82, 2.24) is 15.1 Å². The highest BCUT2D eigenvalue weighted by atomic mass is 35.5. The largest absolute Gasteiger partial charge is 0.397 e. The molecule has 0 aliphatic heterocycles. The average Bonchev–Trinajstić information content (AvgIpc) is 2.88. The molecule has 0 saturated carbocycles. The number of carbonyl (C=O) groups excluding carboxylic acids is 1. The molecule has 1 aromatic heterocycles. The molecule has 2 aromatic rings. The molecule has 1 heterocycles. The van der Waals surface area contributed by atoms with Crippen LogP contribution in [-0.4, -0.2) is 22.2 Å². The van der Waals surface area contributed by atoms with Crippen LogP contribution in [0.1, 0.15) is 10.4 Å². The fourth-order valence-electron chi connectivity index (χ4n) is 1.56. The number of nitrogens with one attached hydrogen (secondary N) is 1. The first-order valence-corrected chi connectivity index (χ1v) is 6.33. The Bertz CT molecular complexity index is 560. The maximum absolute atomic E-state index is 11.9.